The molecule has 0 radical (unpaired) electrons. The minimum Gasteiger partial charge on any atom is -0.326 e. The number of nitrogens with one attached hydrogen (secondary N) is 2. The van der Waals surface area contributed by atoms with Gasteiger partial charge in [0.05, 0.1) is 6.54 Å². The third kappa shape index (κ3) is 4.26. The largest absolute Gasteiger partial charge is 0.326 e. The Kier molecular flexibility index (Phi) is 5.63. The third-order valence-electron chi connectivity index (χ3n) is 5.71. The number of aliphatic imine (C=N–C) groups is 1. The smallest absolute Gasteiger partial charge is 0.272 e. The number of halogens is 1. The van der Waals surface area contributed by atoms with Gasteiger partial charge in [0.25, 0.3) is 5.91 Å². The van der Waals surface area contributed by atoms with Gasteiger partial charge < -0.3 is 10.6 Å². The van der Waals surface area contributed by atoms with Crippen LogP contribution in [0.25, 0.3) is 0 Å². The summed E-state index contributed by atoms with van der Waals surface area (Å²) in [6.45, 7) is 3.64. The molecule has 0 saturated carbocycles. The molecule has 7 heteroatoms. The molecule has 0 unspecified atom stereocenters. The molecule has 2 aromatic rings. The van der Waals surface area contributed by atoms with Crippen LogP contribution in [-0.2, 0) is 16.0 Å². The van der Waals surface area contributed by atoms with Crippen LogP contribution in [0.15, 0.2) is 53.5 Å². The van der Waals surface area contributed by atoms with Gasteiger partial charge in [-0.3, -0.25) is 19.5 Å². The highest BCUT2D eigenvalue weighted by atomic mass is 19.1. The van der Waals surface area contributed by atoms with Crippen molar-refractivity contribution in [1.82, 2.24) is 10.2 Å². The summed E-state index contributed by atoms with van der Waals surface area (Å²) in [6.07, 6.45) is 2.07. The summed E-state index contributed by atoms with van der Waals surface area (Å²) in [4.78, 5) is 31.6. The fourth-order valence-corrected chi connectivity index (χ4v) is 4.06. The number of benzene rings is 2. The Hall–Kier alpha value is -3.06. The van der Waals surface area contributed by atoms with Crippen LogP contribution < -0.4 is 10.6 Å². The van der Waals surface area contributed by atoms with E-state index in [0.29, 0.717) is 38.0 Å². The highest BCUT2D eigenvalue weighted by Gasteiger charge is 2.42. The Bertz CT molecular complexity index is 996. The van der Waals surface area contributed by atoms with Gasteiger partial charge in [-0.25, -0.2) is 4.39 Å². The maximum atomic E-state index is 13.5. The topological polar surface area (TPSA) is 73.8 Å². The van der Waals surface area contributed by atoms with Gasteiger partial charge in [0.1, 0.15) is 17.2 Å². The molecule has 6 nitrogen and oxygen atoms in total. The molecule has 2 N–H and O–H groups in total. The molecular weight excluding hydrogens is 383 g/mol. The molecule has 1 saturated heterocycles. The number of anilines is 1. The van der Waals surface area contributed by atoms with Gasteiger partial charge in [0, 0.05) is 37.2 Å². The fourth-order valence-electron chi connectivity index (χ4n) is 4.06. The molecule has 0 bridgehead atoms. The average Bonchev–Trinajstić information content (AvgIpc) is 3.06. The molecule has 0 aromatic heterocycles. The number of rotatable bonds is 5. The molecule has 2 aromatic carbocycles. The van der Waals surface area contributed by atoms with E-state index < -0.39 is 11.5 Å². The first-order valence-corrected chi connectivity index (χ1v) is 10.3. The van der Waals surface area contributed by atoms with Gasteiger partial charge in [0.2, 0.25) is 5.91 Å². The van der Waals surface area contributed by atoms with E-state index in [-0.39, 0.29) is 17.5 Å². The van der Waals surface area contributed by atoms with Gasteiger partial charge in [-0.15, -0.1) is 0 Å². The molecule has 2 aliphatic rings. The van der Waals surface area contributed by atoms with Crippen molar-refractivity contribution in [2.45, 2.75) is 31.8 Å². The normalized spacial score (nSPS) is 18.2. The number of hydrogen-bond donors (Lipinski definition) is 2. The molecule has 2 aliphatic heterocycles. The van der Waals surface area contributed by atoms with E-state index in [9.17, 15) is 14.0 Å². The summed E-state index contributed by atoms with van der Waals surface area (Å²) in [5.41, 5.74) is 2.06. The van der Waals surface area contributed by atoms with Crippen molar-refractivity contribution in [1.29, 1.82) is 0 Å². The number of carbonyl (C=O) groups excluding carboxylic acids is 2. The molecule has 0 atom stereocenters. The van der Waals surface area contributed by atoms with Gasteiger partial charge in [-0.2, -0.15) is 0 Å². The number of carbonyl (C=O) groups is 2. The SMILES string of the molecule is CCc1ccccc1NC(=O)CN1CCC2(CC1)N=C(c1cccc(F)c1)C(=O)N2. The van der Waals surface area contributed by atoms with Crippen LogP contribution >= 0.6 is 0 Å². The van der Waals surface area contributed by atoms with Crippen LogP contribution in [0.5, 0.6) is 0 Å². The van der Waals surface area contributed by atoms with E-state index in [0.717, 1.165) is 17.7 Å². The third-order valence-corrected chi connectivity index (χ3v) is 5.71. The van der Waals surface area contributed by atoms with Crippen molar-refractivity contribution >= 4 is 23.2 Å². The predicted octanol–water partition coefficient (Wildman–Crippen LogP) is 2.74. The summed E-state index contributed by atoms with van der Waals surface area (Å²) in [5, 5.41) is 5.97. The highest BCUT2D eigenvalue weighted by molar-refractivity contribution is 6.46. The van der Waals surface area contributed by atoms with E-state index in [1.807, 2.05) is 24.3 Å². The van der Waals surface area contributed by atoms with Crippen molar-refractivity contribution in [3.8, 4) is 0 Å². The summed E-state index contributed by atoms with van der Waals surface area (Å²) in [5.74, 6) is -0.719. The number of hydrogen-bond acceptors (Lipinski definition) is 4. The molecule has 2 heterocycles. The van der Waals surface area contributed by atoms with Gasteiger partial charge in [-0.05, 0) is 30.2 Å². The lowest BCUT2D eigenvalue weighted by molar-refractivity contribution is -0.119. The molecular formula is C23H25FN4O2. The zero-order valence-corrected chi connectivity index (χ0v) is 17.0. The molecule has 2 amide bonds. The predicted molar refractivity (Wildman–Crippen MR) is 114 cm³/mol. The molecule has 156 valence electrons. The highest BCUT2D eigenvalue weighted by Crippen LogP contribution is 2.29. The summed E-state index contributed by atoms with van der Waals surface area (Å²) in [6, 6.07) is 13.7. The molecule has 1 fully saturated rings. The first-order chi connectivity index (χ1) is 14.5. The second kappa shape index (κ2) is 8.36. The number of piperidine rings is 1. The van der Waals surface area contributed by atoms with E-state index in [1.165, 1.54) is 12.1 Å². The van der Waals surface area contributed by atoms with Crippen molar-refractivity contribution in [2.24, 2.45) is 4.99 Å². The Balaban J connectivity index is 1.37. The lowest BCUT2D eigenvalue weighted by Gasteiger charge is -2.36. The first kappa shape index (κ1) is 20.2. The van der Waals surface area contributed by atoms with Crippen LogP contribution in [0.1, 0.15) is 30.9 Å². The number of likely N-dealkylation sites (tertiary alicyclic amines) is 1. The number of nitrogens with zero attached hydrogens (tertiary/aromatic N) is 2. The molecule has 4 rings (SSSR count). The van der Waals surface area contributed by atoms with Crippen molar-refractivity contribution in [3.63, 3.8) is 0 Å². The first-order valence-electron chi connectivity index (χ1n) is 10.3. The van der Waals surface area contributed by atoms with Crippen LogP contribution in [0.4, 0.5) is 10.1 Å². The zero-order chi connectivity index (χ0) is 21.1. The van der Waals surface area contributed by atoms with Gasteiger partial charge >= 0.3 is 0 Å². The standard InChI is InChI=1S/C23H25FN4O2/c1-2-16-6-3-4-9-19(16)25-20(29)15-28-12-10-23(11-13-28)26-21(22(30)27-23)17-7-5-8-18(24)14-17/h3-9,14H,2,10-13,15H2,1H3,(H,25,29)(H,27,30). The average molecular weight is 408 g/mol. The second-order valence-electron chi connectivity index (χ2n) is 7.79. The Morgan fingerprint density at radius 2 is 1.97 bits per heavy atom. The van der Waals surface area contributed by atoms with E-state index in [4.69, 9.17) is 0 Å². The number of amides is 2. The number of aryl methyl sites for hydroxylation is 1. The fraction of sp³-hybridized carbons (Fsp3) is 0.348. The minimum absolute atomic E-state index is 0.0498. The Morgan fingerprint density at radius 3 is 2.70 bits per heavy atom. The second-order valence-corrected chi connectivity index (χ2v) is 7.79. The summed E-state index contributed by atoms with van der Waals surface area (Å²) >= 11 is 0. The monoisotopic (exact) mass is 408 g/mol. The lowest BCUT2D eigenvalue weighted by Crippen LogP contribution is -2.52. The van der Waals surface area contributed by atoms with Gasteiger partial charge in [-0.1, -0.05) is 37.3 Å². The minimum atomic E-state index is -0.666. The van der Waals surface area contributed by atoms with Crippen LogP contribution in [0, 0.1) is 5.82 Å². The zero-order valence-electron chi connectivity index (χ0n) is 17.0. The quantitative estimate of drug-likeness (QED) is 0.799. The van der Waals surface area contributed by atoms with Crippen molar-refractivity contribution in [3.05, 3.63) is 65.5 Å². The maximum absolute atomic E-state index is 13.5. The van der Waals surface area contributed by atoms with Crippen LogP contribution in [-0.4, -0.2) is 47.7 Å². The molecule has 0 aliphatic carbocycles. The lowest BCUT2D eigenvalue weighted by atomic mass is 9.98. The van der Waals surface area contributed by atoms with E-state index in [1.54, 1.807) is 12.1 Å². The summed E-state index contributed by atoms with van der Waals surface area (Å²) in [7, 11) is 0. The summed E-state index contributed by atoms with van der Waals surface area (Å²) < 4.78 is 13.5. The molecule has 1 spiro atoms. The Labute approximate surface area is 175 Å². The van der Waals surface area contributed by atoms with Crippen molar-refractivity contribution in [2.75, 3.05) is 25.0 Å². The van der Waals surface area contributed by atoms with Gasteiger partial charge in [0.15, 0.2) is 0 Å². The number of para-hydroxylation sites is 1. The Morgan fingerprint density at radius 1 is 1.20 bits per heavy atom. The van der Waals surface area contributed by atoms with E-state index in [2.05, 4.69) is 27.4 Å². The molecule has 30 heavy (non-hydrogen) atoms. The maximum Gasteiger partial charge on any atom is 0.272 e. The van der Waals surface area contributed by atoms with Crippen molar-refractivity contribution < 1.29 is 14.0 Å². The van der Waals surface area contributed by atoms with Crippen LogP contribution in [0.2, 0.25) is 0 Å². The van der Waals surface area contributed by atoms with E-state index >= 15 is 0 Å². The van der Waals surface area contributed by atoms with Crippen LogP contribution in [0.3, 0.4) is 0 Å².